The summed E-state index contributed by atoms with van der Waals surface area (Å²) in [4.78, 5) is 24.0. The Bertz CT molecular complexity index is 944. The second kappa shape index (κ2) is 9.58. The molecular formula is C22H19ClN2O3. The van der Waals surface area contributed by atoms with Crippen LogP contribution < -0.4 is 15.4 Å². The van der Waals surface area contributed by atoms with Crippen LogP contribution in [0.5, 0.6) is 11.5 Å². The van der Waals surface area contributed by atoms with Crippen molar-refractivity contribution in [3.8, 4) is 11.5 Å². The van der Waals surface area contributed by atoms with Crippen molar-refractivity contribution in [3.05, 3.63) is 89.4 Å². The highest BCUT2D eigenvalue weighted by molar-refractivity contribution is 6.31. The second-order valence-corrected chi connectivity index (χ2v) is 6.44. The van der Waals surface area contributed by atoms with E-state index in [9.17, 15) is 9.59 Å². The standard InChI is InChI=1S/C22H19ClN2O3/c23-20-9-5-4-6-16(20)15-24-21(26)14-22(27)25-17-10-12-19(13-11-17)28-18-7-2-1-3-8-18/h1-13H,14-15H2,(H,24,26)(H,25,27). The van der Waals surface area contributed by atoms with Crippen LogP contribution in [0.2, 0.25) is 5.02 Å². The van der Waals surface area contributed by atoms with Gasteiger partial charge in [0.05, 0.1) is 0 Å². The molecule has 0 heterocycles. The number of ether oxygens (including phenoxy) is 1. The SMILES string of the molecule is O=C(CC(=O)Nc1ccc(Oc2ccccc2)cc1)NCc1ccccc1Cl. The van der Waals surface area contributed by atoms with Gasteiger partial charge in [-0.3, -0.25) is 9.59 Å². The predicted molar refractivity (Wildman–Crippen MR) is 110 cm³/mol. The first-order chi connectivity index (χ1) is 13.6. The summed E-state index contributed by atoms with van der Waals surface area (Å²) in [7, 11) is 0. The highest BCUT2D eigenvalue weighted by Gasteiger charge is 2.10. The molecule has 0 spiro atoms. The fourth-order valence-electron chi connectivity index (χ4n) is 2.48. The summed E-state index contributed by atoms with van der Waals surface area (Å²) in [6, 6.07) is 23.6. The van der Waals surface area contributed by atoms with Crippen molar-refractivity contribution in [1.82, 2.24) is 5.32 Å². The fourth-order valence-corrected chi connectivity index (χ4v) is 2.68. The van der Waals surface area contributed by atoms with E-state index in [1.54, 1.807) is 30.3 Å². The maximum Gasteiger partial charge on any atom is 0.233 e. The summed E-state index contributed by atoms with van der Waals surface area (Å²) in [5, 5.41) is 5.95. The molecule has 0 aromatic heterocycles. The van der Waals surface area contributed by atoms with Crippen LogP contribution in [0.4, 0.5) is 5.69 Å². The van der Waals surface area contributed by atoms with Gasteiger partial charge in [0.15, 0.2) is 0 Å². The Morgan fingerprint density at radius 3 is 2.14 bits per heavy atom. The second-order valence-electron chi connectivity index (χ2n) is 6.03. The molecule has 0 aliphatic carbocycles. The number of carbonyl (C=O) groups is 2. The molecule has 0 bridgehead atoms. The van der Waals surface area contributed by atoms with Crippen LogP contribution in [-0.4, -0.2) is 11.8 Å². The summed E-state index contributed by atoms with van der Waals surface area (Å²) in [6.45, 7) is 0.275. The molecule has 6 heteroatoms. The number of amides is 2. The zero-order valence-corrected chi connectivity index (χ0v) is 15.8. The molecule has 0 unspecified atom stereocenters. The maximum absolute atomic E-state index is 12.0. The molecule has 3 aromatic rings. The number of hydrogen-bond acceptors (Lipinski definition) is 3. The lowest BCUT2D eigenvalue weighted by Crippen LogP contribution is -2.27. The highest BCUT2D eigenvalue weighted by atomic mass is 35.5. The molecule has 0 saturated carbocycles. The van der Waals surface area contributed by atoms with Gasteiger partial charge in [-0.1, -0.05) is 48.0 Å². The normalized spacial score (nSPS) is 10.2. The quantitative estimate of drug-likeness (QED) is 0.567. The molecule has 0 fully saturated rings. The van der Waals surface area contributed by atoms with E-state index in [1.807, 2.05) is 48.5 Å². The Kier molecular flexibility index (Phi) is 6.65. The number of nitrogens with one attached hydrogen (secondary N) is 2. The highest BCUT2D eigenvalue weighted by Crippen LogP contribution is 2.22. The monoisotopic (exact) mass is 394 g/mol. The van der Waals surface area contributed by atoms with Gasteiger partial charge in [-0.05, 0) is 48.0 Å². The van der Waals surface area contributed by atoms with Crippen molar-refractivity contribution >= 4 is 29.1 Å². The Morgan fingerprint density at radius 1 is 0.786 bits per heavy atom. The van der Waals surface area contributed by atoms with Crippen molar-refractivity contribution in [3.63, 3.8) is 0 Å². The average Bonchev–Trinajstić information content (AvgIpc) is 2.69. The number of carbonyl (C=O) groups excluding carboxylic acids is 2. The minimum Gasteiger partial charge on any atom is -0.457 e. The van der Waals surface area contributed by atoms with E-state index in [4.69, 9.17) is 16.3 Å². The number of halogens is 1. The van der Waals surface area contributed by atoms with Gasteiger partial charge in [-0.25, -0.2) is 0 Å². The molecule has 2 amide bonds. The first-order valence-corrected chi connectivity index (χ1v) is 9.11. The zero-order valence-electron chi connectivity index (χ0n) is 15.0. The molecule has 0 atom stereocenters. The molecule has 0 aliphatic heterocycles. The molecule has 28 heavy (non-hydrogen) atoms. The lowest BCUT2D eigenvalue weighted by Gasteiger charge is -2.09. The van der Waals surface area contributed by atoms with Crippen molar-refractivity contribution in [1.29, 1.82) is 0 Å². The first-order valence-electron chi connectivity index (χ1n) is 8.73. The smallest absolute Gasteiger partial charge is 0.233 e. The third-order valence-electron chi connectivity index (χ3n) is 3.87. The number of para-hydroxylation sites is 1. The third-order valence-corrected chi connectivity index (χ3v) is 4.24. The summed E-state index contributed by atoms with van der Waals surface area (Å²) < 4.78 is 5.70. The van der Waals surface area contributed by atoms with Gasteiger partial charge in [0.25, 0.3) is 0 Å². The zero-order chi connectivity index (χ0) is 19.8. The summed E-state index contributed by atoms with van der Waals surface area (Å²) >= 11 is 6.04. The predicted octanol–water partition coefficient (Wildman–Crippen LogP) is 4.78. The first kappa shape index (κ1) is 19.5. The molecule has 5 nitrogen and oxygen atoms in total. The van der Waals surface area contributed by atoms with Crippen molar-refractivity contribution in [2.45, 2.75) is 13.0 Å². The topological polar surface area (TPSA) is 67.4 Å². The molecular weight excluding hydrogens is 376 g/mol. The van der Waals surface area contributed by atoms with E-state index in [2.05, 4.69) is 10.6 Å². The van der Waals surface area contributed by atoms with E-state index in [1.165, 1.54) is 0 Å². The third kappa shape index (κ3) is 5.86. The van der Waals surface area contributed by atoms with Crippen molar-refractivity contribution in [2.24, 2.45) is 0 Å². The minimum atomic E-state index is -0.395. The Hall–Kier alpha value is -3.31. The van der Waals surface area contributed by atoms with Crippen LogP contribution in [0.1, 0.15) is 12.0 Å². The molecule has 0 radical (unpaired) electrons. The Balaban J connectivity index is 1.46. The average molecular weight is 395 g/mol. The summed E-state index contributed by atoms with van der Waals surface area (Å²) in [6.07, 6.45) is -0.271. The van der Waals surface area contributed by atoms with Crippen LogP contribution in [0.15, 0.2) is 78.9 Å². The van der Waals surface area contributed by atoms with Crippen molar-refractivity contribution in [2.75, 3.05) is 5.32 Å². The molecule has 0 aliphatic rings. The lowest BCUT2D eigenvalue weighted by molar-refractivity contribution is -0.126. The van der Waals surface area contributed by atoms with E-state index < -0.39 is 5.91 Å². The van der Waals surface area contributed by atoms with Gasteiger partial charge in [0.1, 0.15) is 17.9 Å². The van der Waals surface area contributed by atoms with Crippen LogP contribution in [0.25, 0.3) is 0 Å². The van der Waals surface area contributed by atoms with E-state index in [0.29, 0.717) is 16.5 Å². The number of hydrogen-bond donors (Lipinski definition) is 2. The lowest BCUT2D eigenvalue weighted by atomic mass is 10.2. The Morgan fingerprint density at radius 2 is 1.43 bits per heavy atom. The molecule has 3 rings (SSSR count). The summed E-state index contributed by atoms with van der Waals surface area (Å²) in [5.74, 6) is 0.617. The fraction of sp³-hybridized carbons (Fsp3) is 0.0909. The van der Waals surface area contributed by atoms with E-state index in [-0.39, 0.29) is 18.9 Å². The van der Waals surface area contributed by atoms with E-state index in [0.717, 1.165) is 11.3 Å². The number of anilines is 1. The molecule has 3 aromatic carbocycles. The number of benzene rings is 3. The molecule has 142 valence electrons. The number of rotatable bonds is 7. The van der Waals surface area contributed by atoms with Gasteiger partial charge in [-0.2, -0.15) is 0 Å². The van der Waals surface area contributed by atoms with Gasteiger partial charge in [0.2, 0.25) is 11.8 Å². The molecule has 2 N–H and O–H groups in total. The molecule has 0 saturated heterocycles. The Labute approximate surface area is 168 Å². The van der Waals surface area contributed by atoms with Crippen molar-refractivity contribution < 1.29 is 14.3 Å². The maximum atomic E-state index is 12.0. The van der Waals surface area contributed by atoms with Crippen LogP contribution in [0.3, 0.4) is 0 Å². The van der Waals surface area contributed by atoms with Crippen LogP contribution >= 0.6 is 11.6 Å². The van der Waals surface area contributed by atoms with Gasteiger partial charge in [0, 0.05) is 17.3 Å². The van der Waals surface area contributed by atoms with E-state index >= 15 is 0 Å². The largest absolute Gasteiger partial charge is 0.457 e. The minimum absolute atomic E-state index is 0.271. The van der Waals surface area contributed by atoms with Crippen LogP contribution in [-0.2, 0) is 16.1 Å². The summed E-state index contributed by atoms with van der Waals surface area (Å²) in [5.41, 5.74) is 1.39. The van der Waals surface area contributed by atoms with Gasteiger partial charge < -0.3 is 15.4 Å². The van der Waals surface area contributed by atoms with Gasteiger partial charge >= 0.3 is 0 Å². The van der Waals surface area contributed by atoms with Crippen LogP contribution in [0, 0.1) is 0 Å². The van der Waals surface area contributed by atoms with Gasteiger partial charge in [-0.15, -0.1) is 0 Å².